The minimum Gasteiger partial charge on any atom is -0.467 e. The van der Waals surface area contributed by atoms with Gasteiger partial charge in [-0.1, -0.05) is 29.8 Å². The number of furan rings is 1. The van der Waals surface area contributed by atoms with E-state index >= 15 is 0 Å². The van der Waals surface area contributed by atoms with Crippen LogP contribution in [-0.4, -0.2) is 40.0 Å². The van der Waals surface area contributed by atoms with Crippen molar-refractivity contribution in [3.8, 4) is 0 Å². The van der Waals surface area contributed by atoms with Gasteiger partial charge >= 0.3 is 6.03 Å². The van der Waals surface area contributed by atoms with Crippen molar-refractivity contribution in [2.45, 2.75) is 31.8 Å². The molecule has 3 aromatic rings. The summed E-state index contributed by atoms with van der Waals surface area (Å²) in [5.74, 6) is -2.63. The van der Waals surface area contributed by atoms with E-state index in [0.29, 0.717) is 22.8 Å². The minimum atomic E-state index is -1.87. The third-order valence-corrected chi connectivity index (χ3v) is 6.46. The Bertz CT molecular complexity index is 1390. The van der Waals surface area contributed by atoms with Crippen molar-refractivity contribution in [2.24, 2.45) is 5.10 Å². The number of benzene rings is 2. The zero-order chi connectivity index (χ0) is 25.6. The van der Waals surface area contributed by atoms with Crippen LogP contribution in [0.4, 0.5) is 13.6 Å². The molecule has 2 atom stereocenters. The van der Waals surface area contributed by atoms with Crippen LogP contribution in [0, 0.1) is 18.6 Å². The van der Waals surface area contributed by atoms with Gasteiger partial charge in [-0.15, -0.1) is 0 Å². The SMILES string of the molecule is Cc1ccc(C2=NN(C(=O)CN3C(=O)N[C@@](C)(c4cc(F)ccc4F)C3=O)[C@H](c3ccco3)C2)cc1. The number of halogens is 2. The fraction of sp³-hybridized carbons (Fsp3) is 0.231. The molecule has 0 spiro atoms. The summed E-state index contributed by atoms with van der Waals surface area (Å²) in [6.07, 6.45) is 1.85. The summed E-state index contributed by atoms with van der Waals surface area (Å²) in [6, 6.07) is 12.3. The van der Waals surface area contributed by atoms with Gasteiger partial charge in [0, 0.05) is 12.0 Å². The van der Waals surface area contributed by atoms with Crippen LogP contribution in [0.2, 0.25) is 0 Å². The number of carbonyl (C=O) groups is 3. The number of amides is 4. The molecule has 36 heavy (non-hydrogen) atoms. The number of hydrogen-bond donors (Lipinski definition) is 1. The average Bonchev–Trinajstić information content (AvgIpc) is 3.57. The first-order valence-electron chi connectivity index (χ1n) is 11.3. The van der Waals surface area contributed by atoms with Gasteiger partial charge in [0.15, 0.2) is 0 Å². The molecule has 1 fully saturated rings. The molecule has 0 bridgehead atoms. The number of rotatable bonds is 5. The van der Waals surface area contributed by atoms with Crippen molar-refractivity contribution < 1.29 is 27.6 Å². The highest BCUT2D eigenvalue weighted by molar-refractivity contribution is 6.09. The standard InChI is InChI=1S/C26H22F2N4O4/c1-15-5-7-16(8-6-15)20-13-21(22-4-3-11-36-22)32(30-20)23(33)14-31-24(34)26(2,29-25(31)35)18-12-17(27)9-10-19(18)28/h3-12,21H,13-14H2,1-2H3,(H,29,35)/t21-,26-/m0/s1. The monoisotopic (exact) mass is 492 g/mol. The Morgan fingerprint density at radius 3 is 2.61 bits per heavy atom. The van der Waals surface area contributed by atoms with E-state index in [0.717, 1.165) is 29.3 Å². The number of imide groups is 1. The van der Waals surface area contributed by atoms with Crippen molar-refractivity contribution in [2.75, 3.05) is 6.54 Å². The van der Waals surface area contributed by atoms with Gasteiger partial charge in [-0.05, 0) is 49.7 Å². The predicted molar refractivity (Wildman–Crippen MR) is 125 cm³/mol. The first kappa shape index (κ1) is 23.4. The molecule has 2 aliphatic rings. The second-order valence-corrected chi connectivity index (χ2v) is 8.96. The number of nitrogens with zero attached hydrogens (tertiary/aromatic N) is 3. The lowest BCUT2D eigenvalue weighted by atomic mass is 9.91. The Hall–Kier alpha value is -4.34. The van der Waals surface area contributed by atoms with E-state index in [1.807, 2.05) is 31.2 Å². The Balaban J connectivity index is 1.42. The van der Waals surface area contributed by atoms with E-state index in [2.05, 4.69) is 10.4 Å². The third kappa shape index (κ3) is 3.94. The van der Waals surface area contributed by atoms with Crippen molar-refractivity contribution in [3.05, 3.63) is 94.9 Å². The van der Waals surface area contributed by atoms with Gasteiger partial charge < -0.3 is 9.73 Å². The topological polar surface area (TPSA) is 95.2 Å². The van der Waals surface area contributed by atoms with Gasteiger partial charge in [0.1, 0.15) is 35.5 Å². The van der Waals surface area contributed by atoms with Crippen LogP contribution in [0.25, 0.3) is 0 Å². The summed E-state index contributed by atoms with van der Waals surface area (Å²) in [7, 11) is 0. The molecule has 8 nitrogen and oxygen atoms in total. The van der Waals surface area contributed by atoms with Crippen molar-refractivity contribution in [3.63, 3.8) is 0 Å². The summed E-state index contributed by atoms with van der Waals surface area (Å²) in [4.78, 5) is 40.0. The van der Waals surface area contributed by atoms with Crippen molar-refractivity contribution in [1.29, 1.82) is 0 Å². The third-order valence-electron chi connectivity index (χ3n) is 6.46. The van der Waals surface area contributed by atoms with Crippen LogP contribution in [0.15, 0.2) is 70.4 Å². The smallest absolute Gasteiger partial charge is 0.325 e. The van der Waals surface area contributed by atoms with Crippen LogP contribution in [0.5, 0.6) is 0 Å². The normalized spacial score (nSPS) is 21.7. The molecule has 2 aliphatic heterocycles. The predicted octanol–water partition coefficient (Wildman–Crippen LogP) is 4.01. The zero-order valence-electron chi connectivity index (χ0n) is 19.5. The Labute approximate surface area is 205 Å². The number of hydrogen-bond acceptors (Lipinski definition) is 5. The zero-order valence-corrected chi connectivity index (χ0v) is 19.5. The first-order chi connectivity index (χ1) is 17.2. The molecule has 5 rings (SSSR count). The van der Waals surface area contributed by atoms with Crippen LogP contribution >= 0.6 is 0 Å². The van der Waals surface area contributed by atoms with E-state index in [4.69, 9.17) is 4.42 Å². The van der Waals surface area contributed by atoms with E-state index in [1.165, 1.54) is 18.2 Å². The molecular weight excluding hydrogens is 470 g/mol. The molecule has 0 unspecified atom stereocenters. The lowest BCUT2D eigenvalue weighted by Gasteiger charge is -2.24. The molecule has 184 valence electrons. The van der Waals surface area contributed by atoms with Gasteiger partial charge in [0.25, 0.3) is 11.8 Å². The van der Waals surface area contributed by atoms with Crippen LogP contribution in [-0.2, 0) is 15.1 Å². The molecule has 4 amide bonds. The number of hydrazone groups is 1. The lowest BCUT2D eigenvalue weighted by Crippen LogP contribution is -2.44. The fourth-order valence-electron chi connectivity index (χ4n) is 4.47. The molecular formula is C26H22F2N4O4. The van der Waals surface area contributed by atoms with Gasteiger partial charge in [-0.25, -0.2) is 18.6 Å². The lowest BCUT2D eigenvalue weighted by molar-refractivity contribution is -0.140. The Kier molecular flexibility index (Phi) is 5.66. The second-order valence-electron chi connectivity index (χ2n) is 8.96. The van der Waals surface area contributed by atoms with E-state index in [1.54, 1.807) is 12.1 Å². The fourth-order valence-corrected chi connectivity index (χ4v) is 4.47. The van der Waals surface area contributed by atoms with Gasteiger partial charge in [-0.2, -0.15) is 5.10 Å². The molecule has 2 aromatic carbocycles. The van der Waals surface area contributed by atoms with Gasteiger partial charge in [0.2, 0.25) is 0 Å². The summed E-state index contributed by atoms with van der Waals surface area (Å²) in [5.41, 5.74) is 0.352. The van der Waals surface area contributed by atoms with Crippen LogP contribution in [0.3, 0.4) is 0 Å². The molecule has 0 saturated carbocycles. The quantitative estimate of drug-likeness (QED) is 0.545. The van der Waals surface area contributed by atoms with Crippen molar-refractivity contribution >= 4 is 23.6 Å². The maximum Gasteiger partial charge on any atom is 0.325 e. The molecule has 1 N–H and O–H groups in total. The molecule has 3 heterocycles. The maximum absolute atomic E-state index is 14.4. The summed E-state index contributed by atoms with van der Waals surface area (Å²) in [6.45, 7) is 2.59. The molecule has 0 aliphatic carbocycles. The Morgan fingerprint density at radius 2 is 1.92 bits per heavy atom. The summed E-state index contributed by atoms with van der Waals surface area (Å²) in [5, 5.41) is 8.10. The highest BCUT2D eigenvalue weighted by Gasteiger charge is 2.51. The van der Waals surface area contributed by atoms with E-state index < -0.39 is 47.6 Å². The Morgan fingerprint density at radius 1 is 1.17 bits per heavy atom. The second kappa shape index (κ2) is 8.71. The summed E-state index contributed by atoms with van der Waals surface area (Å²) < 4.78 is 33.8. The average molecular weight is 492 g/mol. The molecule has 1 saturated heterocycles. The van der Waals surface area contributed by atoms with Crippen molar-refractivity contribution in [1.82, 2.24) is 15.2 Å². The summed E-state index contributed by atoms with van der Waals surface area (Å²) >= 11 is 0. The number of urea groups is 1. The largest absolute Gasteiger partial charge is 0.467 e. The maximum atomic E-state index is 14.4. The molecule has 0 radical (unpaired) electrons. The highest BCUT2D eigenvalue weighted by atomic mass is 19.1. The van der Waals surface area contributed by atoms with E-state index in [-0.39, 0.29) is 5.56 Å². The molecule has 1 aromatic heterocycles. The van der Waals surface area contributed by atoms with Gasteiger partial charge in [-0.3, -0.25) is 14.5 Å². The first-order valence-corrected chi connectivity index (χ1v) is 11.3. The van der Waals surface area contributed by atoms with Crippen LogP contribution in [0.1, 0.15) is 41.8 Å². The minimum absolute atomic E-state index is 0.329. The number of aryl methyl sites for hydroxylation is 1. The highest BCUT2D eigenvalue weighted by Crippen LogP contribution is 2.35. The number of carbonyl (C=O) groups excluding carboxylic acids is 3. The number of nitrogens with one attached hydrogen (secondary N) is 1. The molecule has 10 heteroatoms. The van der Waals surface area contributed by atoms with Gasteiger partial charge in [0.05, 0.1) is 12.0 Å². The van der Waals surface area contributed by atoms with Crippen LogP contribution < -0.4 is 5.32 Å². The van der Waals surface area contributed by atoms with E-state index in [9.17, 15) is 23.2 Å².